The number of nitrogens with zero attached hydrogens (tertiary/aromatic N) is 1. The molecule has 2 rings (SSSR count). The first-order valence-electron chi connectivity index (χ1n) is 8.26. The number of aliphatic imine (C=N–C) groups is 1. The Labute approximate surface area is 156 Å². The average molecular weight is 401 g/mol. The average Bonchev–Trinajstić information content (AvgIpc) is 3.41. The van der Waals surface area contributed by atoms with Crippen molar-refractivity contribution in [2.75, 3.05) is 6.54 Å². The van der Waals surface area contributed by atoms with Gasteiger partial charge in [-0.15, -0.1) is 0 Å². The summed E-state index contributed by atoms with van der Waals surface area (Å²) in [7, 11) is -4.36. The number of allylic oxidation sites excluding steroid dienone is 1. The van der Waals surface area contributed by atoms with Crippen molar-refractivity contribution < 1.29 is 21.6 Å². The van der Waals surface area contributed by atoms with E-state index in [1.807, 2.05) is 19.9 Å². The van der Waals surface area contributed by atoms with E-state index in [1.165, 1.54) is 12.1 Å². The highest BCUT2D eigenvalue weighted by Gasteiger charge is 2.58. The number of amidine groups is 1. The summed E-state index contributed by atoms with van der Waals surface area (Å²) in [5, 5.41) is 0. The summed E-state index contributed by atoms with van der Waals surface area (Å²) in [6.45, 7) is 4.02. The molecular weight excluding hydrogens is 379 g/mol. The molecule has 0 bridgehead atoms. The van der Waals surface area contributed by atoms with Gasteiger partial charge in [0.05, 0.1) is 17.0 Å². The minimum atomic E-state index is -4.79. The molecule has 148 valence electrons. The van der Waals surface area contributed by atoms with Crippen molar-refractivity contribution in [3.05, 3.63) is 53.3 Å². The number of rotatable bonds is 6. The van der Waals surface area contributed by atoms with E-state index >= 15 is 0 Å². The normalized spacial score (nSPS) is 18.5. The minimum Gasteiger partial charge on any atom is -0.401 e. The largest absolute Gasteiger partial charge is 0.417 e. The molecular formula is C18H22F3N3O2S. The van der Waals surface area contributed by atoms with E-state index in [9.17, 15) is 21.6 Å². The molecule has 9 heteroatoms. The SMILES string of the molecule is C/C=C(\C)C/N=C(N)\C=C(/N)C1(S(=O)(=O)c2ccccc2C(F)(F)F)CC1. The molecule has 0 saturated heterocycles. The van der Waals surface area contributed by atoms with Crippen molar-refractivity contribution >= 4 is 15.7 Å². The van der Waals surface area contributed by atoms with Gasteiger partial charge in [0.15, 0.2) is 9.84 Å². The fourth-order valence-corrected chi connectivity index (χ4v) is 4.78. The fraction of sp³-hybridized carbons (Fsp3) is 0.389. The lowest BCUT2D eigenvalue weighted by Crippen LogP contribution is -2.32. The Hall–Kier alpha value is -2.29. The molecule has 1 saturated carbocycles. The zero-order chi connectivity index (χ0) is 20.5. The Kier molecular flexibility index (Phi) is 5.74. The predicted octanol–water partition coefficient (Wildman–Crippen LogP) is 3.18. The molecule has 0 atom stereocenters. The molecule has 4 N–H and O–H groups in total. The summed E-state index contributed by atoms with van der Waals surface area (Å²) >= 11 is 0. The highest BCUT2D eigenvalue weighted by Crippen LogP contribution is 2.52. The molecule has 1 aliphatic rings. The molecule has 5 nitrogen and oxygen atoms in total. The standard InChI is InChI=1S/C18H22F3N3O2S/c1-3-12(2)11-24-16(23)10-15(22)17(8-9-17)27(25,26)14-7-5-4-6-13(14)18(19,20)21/h3-7,10H,8-9,11,22H2,1-2H3,(H2,23,24)/b12-3+,15-10-. The van der Waals surface area contributed by atoms with Crippen LogP contribution in [0, 0.1) is 0 Å². The van der Waals surface area contributed by atoms with Crippen molar-refractivity contribution in [3.63, 3.8) is 0 Å². The zero-order valence-corrected chi connectivity index (χ0v) is 15.9. The van der Waals surface area contributed by atoms with Crippen LogP contribution < -0.4 is 11.5 Å². The third kappa shape index (κ3) is 4.18. The summed E-state index contributed by atoms with van der Waals surface area (Å²) in [5.41, 5.74) is 11.4. The number of halogens is 3. The van der Waals surface area contributed by atoms with Crippen LogP contribution in [0.4, 0.5) is 13.2 Å². The Bertz CT molecular complexity index is 912. The van der Waals surface area contributed by atoms with Gasteiger partial charge in [0.25, 0.3) is 0 Å². The van der Waals surface area contributed by atoms with Gasteiger partial charge >= 0.3 is 6.18 Å². The molecule has 0 radical (unpaired) electrons. The number of nitrogens with two attached hydrogens (primary N) is 2. The van der Waals surface area contributed by atoms with Crippen molar-refractivity contribution in [1.29, 1.82) is 0 Å². The first kappa shape index (κ1) is 21.0. The van der Waals surface area contributed by atoms with E-state index in [-0.39, 0.29) is 24.4 Å². The summed E-state index contributed by atoms with van der Waals surface area (Å²) in [6, 6.07) is 4.11. The van der Waals surface area contributed by atoms with Crippen LogP contribution in [-0.4, -0.2) is 25.5 Å². The summed E-state index contributed by atoms with van der Waals surface area (Å²) in [4.78, 5) is 3.31. The van der Waals surface area contributed by atoms with Crippen LogP contribution in [0.3, 0.4) is 0 Å². The van der Waals surface area contributed by atoms with Crippen molar-refractivity contribution in [2.45, 2.75) is 42.5 Å². The van der Waals surface area contributed by atoms with Gasteiger partial charge in [-0.1, -0.05) is 23.8 Å². The lowest BCUT2D eigenvalue weighted by Gasteiger charge is -2.20. The minimum absolute atomic E-state index is 0.0271. The number of hydrogen-bond donors (Lipinski definition) is 2. The fourth-order valence-electron chi connectivity index (χ4n) is 2.62. The van der Waals surface area contributed by atoms with E-state index in [0.717, 1.165) is 23.8 Å². The molecule has 1 aliphatic carbocycles. The van der Waals surface area contributed by atoms with Gasteiger partial charge in [-0.25, -0.2) is 8.42 Å². The van der Waals surface area contributed by atoms with Crippen LogP contribution in [0.25, 0.3) is 0 Å². The second-order valence-corrected chi connectivity index (χ2v) is 8.70. The smallest absolute Gasteiger partial charge is 0.401 e. The molecule has 0 unspecified atom stereocenters. The van der Waals surface area contributed by atoms with Gasteiger partial charge in [0.2, 0.25) is 0 Å². The molecule has 0 heterocycles. The molecule has 0 aromatic heterocycles. The van der Waals surface area contributed by atoms with Gasteiger partial charge in [0, 0.05) is 11.8 Å². The van der Waals surface area contributed by atoms with Crippen LogP contribution in [-0.2, 0) is 16.0 Å². The zero-order valence-electron chi connectivity index (χ0n) is 15.0. The molecule has 1 aromatic carbocycles. The van der Waals surface area contributed by atoms with Crippen LogP contribution >= 0.6 is 0 Å². The van der Waals surface area contributed by atoms with Gasteiger partial charge in [-0.2, -0.15) is 13.2 Å². The van der Waals surface area contributed by atoms with Crippen molar-refractivity contribution in [2.24, 2.45) is 16.5 Å². The summed E-state index contributed by atoms with van der Waals surface area (Å²) < 4.78 is 64.2. The molecule has 1 aromatic rings. The summed E-state index contributed by atoms with van der Waals surface area (Å²) in [5.74, 6) is 0.0271. The second kappa shape index (κ2) is 7.38. The number of alkyl halides is 3. The molecule has 0 amide bonds. The van der Waals surface area contributed by atoms with Crippen molar-refractivity contribution in [1.82, 2.24) is 0 Å². The first-order chi connectivity index (χ1) is 12.5. The Balaban J connectivity index is 2.44. The maximum atomic E-state index is 13.3. The monoisotopic (exact) mass is 401 g/mol. The molecule has 27 heavy (non-hydrogen) atoms. The van der Waals surface area contributed by atoms with Crippen molar-refractivity contribution in [3.8, 4) is 0 Å². The van der Waals surface area contributed by atoms with Gasteiger partial charge < -0.3 is 11.5 Å². The molecule has 1 fully saturated rings. The van der Waals surface area contributed by atoms with Gasteiger partial charge in [0.1, 0.15) is 10.6 Å². The first-order valence-corrected chi connectivity index (χ1v) is 9.74. The third-order valence-electron chi connectivity index (χ3n) is 4.53. The lowest BCUT2D eigenvalue weighted by molar-refractivity contribution is -0.139. The molecule has 0 aliphatic heterocycles. The summed E-state index contributed by atoms with van der Waals surface area (Å²) in [6.07, 6.45) is -1.45. The number of benzene rings is 1. The van der Waals surface area contributed by atoms with E-state index in [1.54, 1.807) is 0 Å². The maximum Gasteiger partial charge on any atom is 0.417 e. The second-order valence-electron chi connectivity index (χ2n) is 6.47. The highest BCUT2D eigenvalue weighted by molar-refractivity contribution is 7.93. The number of sulfone groups is 1. The Morgan fingerprint density at radius 3 is 2.37 bits per heavy atom. The number of hydrogen-bond acceptors (Lipinski definition) is 4. The maximum absolute atomic E-state index is 13.3. The molecule has 0 spiro atoms. The van der Waals surface area contributed by atoms with Gasteiger partial charge in [-0.3, -0.25) is 4.99 Å². The third-order valence-corrected chi connectivity index (χ3v) is 7.14. The predicted molar refractivity (Wildman–Crippen MR) is 98.8 cm³/mol. The van der Waals surface area contributed by atoms with Crippen LogP contribution in [0.1, 0.15) is 32.3 Å². The van der Waals surface area contributed by atoms with Gasteiger partial charge in [-0.05, 0) is 38.8 Å². The van der Waals surface area contributed by atoms with E-state index in [0.29, 0.717) is 6.54 Å². The Morgan fingerprint density at radius 2 is 1.85 bits per heavy atom. The highest BCUT2D eigenvalue weighted by atomic mass is 32.2. The van der Waals surface area contributed by atoms with E-state index in [4.69, 9.17) is 11.5 Å². The van der Waals surface area contributed by atoms with Crippen LogP contribution in [0.2, 0.25) is 0 Å². The van der Waals surface area contributed by atoms with E-state index < -0.39 is 31.2 Å². The van der Waals surface area contributed by atoms with Crippen LogP contribution in [0.15, 0.2) is 57.6 Å². The Morgan fingerprint density at radius 1 is 1.26 bits per heavy atom. The topological polar surface area (TPSA) is 98.5 Å². The van der Waals surface area contributed by atoms with E-state index in [2.05, 4.69) is 4.99 Å². The van der Waals surface area contributed by atoms with Crippen LogP contribution in [0.5, 0.6) is 0 Å². The quantitative estimate of drug-likeness (QED) is 0.434. The lowest BCUT2D eigenvalue weighted by atomic mass is 10.2.